The highest BCUT2D eigenvalue weighted by Gasteiger charge is 2.20. The van der Waals surface area contributed by atoms with Crippen molar-refractivity contribution in [2.75, 3.05) is 17.6 Å². The lowest BCUT2D eigenvalue weighted by atomic mass is 10.2. The summed E-state index contributed by atoms with van der Waals surface area (Å²) in [6, 6.07) is 1.74. The van der Waals surface area contributed by atoms with Gasteiger partial charge in [0.05, 0.1) is 17.4 Å². The Balaban J connectivity index is 2.45. The Kier molecular flexibility index (Phi) is 4.06. The van der Waals surface area contributed by atoms with Crippen molar-refractivity contribution in [1.82, 2.24) is 14.8 Å². The van der Waals surface area contributed by atoms with Gasteiger partial charge in [-0.2, -0.15) is 5.10 Å². The van der Waals surface area contributed by atoms with Crippen LogP contribution in [0.4, 0.5) is 5.82 Å². The van der Waals surface area contributed by atoms with Gasteiger partial charge in [0.2, 0.25) is 10.0 Å². The number of sulfonamides is 1. The zero-order valence-corrected chi connectivity index (χ0v) is 13.1. The van der Waals surface area contributed by atoms with Gasteiger partial charge in [-0.3, -0.25) is 14.6 Å². The third-order valence-electron chi connectivity index (χ3n) is 3.30. The Labute approximate surface area is 122 Å². The van der Waals surface area contributed by atoms with Crippen molar-refractivity contribution < 1.29 is 13.2 Å². The van der Waals surface area contributed by atoms with Crippen LogP contribution in [0.2, 0.25) is 0 Å². The first kappa shape index (κ1) is 15.5. The van der Waals surface area contributed by atoms with Crippen molar-refractivity contribution in [3.63, 3.8) is 0 Å². The van der Waals surface area contributed by atoms with Gasteiger partial charge in [0.1, 0.15) is 5.39 Å². The average Bonchev–Trinajstić information content (AvgIpc) is 2.77. The molecule has 9 heteroatoms. The Hall–Kier alpha value is -1.87. The first-order valence-corrected chi connectivity index (χ1v) is 7.98. The summed E-state index contributed by atoms with van der Waals surface area (Å²) in [5, 5.41) is 6.77. The van der Waals surface area contributed by atoms with E-state index >= 15 is 0 Å². The van der Waals surface area contributed by atoms with E-state index in [0.717, 1.165) is 5.69 Å². The van der Waals surface area contributed by atoms with Crippen LogP contribution in [0.3, 0.4) is 0 Å². The molecule has 116 valence electrons. The minimum atomic E-state index is -3.65. The number of nitrogens with one attached hydrogen (secondary N) is 2. The van der Waals surface area contributed by atoms with Crippen LogP contribution in [0.25, 0.3) is 10.9 Å². The predicted molar refractivity (Wildman–Crippen MR) is 80.0 cm³/mol. The molecule has 2 aromatic rings. The van der Waals surface area contributed by atoms with Crippen LogP contribution >= 0.6 is 0 Å². The summed E-state index contributed by atoms with van der Waals surface area (Å²) in [5.41, 5.74) is 0.933. The molecule has 0 saturated heterocycles. The predicted octanol–water partition coefficient (Wildman–Crippen LogP) is 0.347. The number of aromatic amines is 1. The van der Waals surface area contributed by atoms with Gasteiger partial charge < -0.3 is 9.30 Å². The molecule has 0 aliphatic carbocycles. The molecule has 0 aromatic carbocycles. The number of aromatic nitrogens is 3. The number of methoxy groups -OCH3 is 1. The van der Waals surface area contributed by atoms with E-state index in [2.05, 4.69) is 14.9 Å². The summed E-state index contributed by atoms with van der Waals surface area (Å²) in [5.74, 6) is -0.210. The molecule has 0 fully saturated rings. The molecule has 0 aliphatic rings. The normalized spacial score (nSPS) is 13.5. The summed E-state index contributed by atoms with van der Waals surface area (Å²) in [6.45, 7) is 3.43. The summed E-state index contributed by atoms with van der Waals surface area (Å²) in [7, 11) is -0.599. The second-order valence-corrected chi connectivity index (χ2v) is 6.71. The number of pyridine rings is 1. The molecule has 0 radical (unpaired) electrons. The van der Waals surface area contributed by atoms with Crippen molar-refractivity contribution in [1.29, 1.82) is 0 Å². The molecule has 2 rings (SSSR count). The molecule has 0 spiro atoms. The van der Waals surface area contributed by atoms with Crippen LogP contribution in [0.1, 0.15) is 12.6 Å². The number of aryl methyl sites for hydroxylation is 1. The quantitative estimate of drug-likeness (QED) is 0.828. The topological polar surface area (TPSA) is 106 Å². The van der Waals surface area contributed by atoms with Crippen LogP contribution in [0.5, 0.6) is 0 Å². The second kappa shape index (κ2) is 5.49. The summed E-state index contributed by atoms with van der Waals surface area (Å²) in [6.07, 6.45) is -0.460. The highest BCUT2D eigenvalue weighted by atomic mass is 32.2. The number of fused-ring (bicyclic) bond motifs is 1. The van der Waals surface area contributed by atoms with Gasteiger partial charge >= 0.3 is 0 Å². The molecule has 0 bridgehead atoms. The minimum absolute atomic E-state index is 0.00824. The molecule has 21 heavy (non-hydrogen) atoms. The number of hydrogen-bond acceptors (Lipinski definition) is 5. The van der Waals surface area contributed by atoms with Crippen LogP contribution < -0.4 is 10.3 Å². The number of anilines is 1. The lowest BCUT2D eigenvalue weighted by Crippen LogP contribution is -2.26. The van der Waals surface area contributed by atoms with E-state index < -0.39 is 16.1 Å². The van der Waals surface area contributed by atoms with Gasteiger partial charge in [0.25, 0.3) is 5.56 Å². The van der Waals surface area contributed by atoms with Crippen molar-refractivity contribution in [2.45, 2.75) is 20.0 Å². The number of H-pyrrole nitrogens is 1. The number of hydrogen-bond donors (Lipinski definition) is 2. The van der Waals surface area contributed by atoms with E-state index in [0.29, 0.717) is 5.52 Å². The minimum Gasteiger partial charge on any atom is -0.381 e. The molecule has 2 aromatic heterocycles. The molecular weight excluding hydrogens is 296 g/mol. The third-order valence-corrected chi connectivity index (χ3v) is 4.72. The largest absolute Gasteiger partial charge is 0.381 e. The zero-order chi connectivity index (χ0) is 15.8. The van der Waals surface area contributed by atoms with Crippen LogP contribution in [0.15, 0.2) is 10.9 Å². The van der Waals surface area contributed by atoms with Crippen molar-refractivity contribution >= 4 is 26.7 Å². The number of rotatable bonds is 5. The summed E-state index contributed by atoms with van der Waals surface area (Å²) >= 11 is 0. The van der Waals surface area contributed by atoms with Gasteiger partial charge in [0, 0.05) is 19.9 Å². The smallest absolute Gasteiger partial charge is 0.263 e. The first-order valence-electron chi connectivity index (χ1n) is 6.33. The number of nitrogens with zero attached hydrogens (tertiary/aromatic N) is 2. The Morgan fingerprint density at radius 2 is 2.19 bits per heavy atom. The maximum atomic E-state index is 12.2. The van der Waals surface area contributed by atoms with E-state index in [1.807, 2.05) is 0 Å². The van der Waals surface area contributed by atoms with Crippen LogP contribution in [-0.2, 0) is 21.8 Å². The Bertz CT molecular complexity index is 822. The monoisotopic (exact) mass is 314 g/mol. The maximum absolute atomic E-state index is 12.2. The molecule has 0 aliphatic heterocycles. The Morgan fingerprint density at radius 1 is 1.52 bits per heavy atom. The van der Waals surface area contributed by atoms with E-state index in [-0.39, 0.29) is 22.5 Å². The van der Waals surface area contributed by atoms with E-state index in [1.54, 1.807) is 27.0 Å². The van der Waals surface area contributed by atoms with E-state index in [9.17, 15) is 13.2 Å². The fraction of sp³-hybridized carbons (Fsp3) is 0.500. The fourth-order valence-corrected chi connectivity index (χ4v) is 3.23. The molecular formula is C12H18N4O4S. The molecule has 2 N–H and O–H groups in total. The molecule has 1 atom stereocenters. The van der Waals surface area contributed by atoms with Crippen LogP contribution in [-0.4, -0.2) is 42.1 Å². The summed E-state index contributed by atoms with van der Waals surface area (Å²) in [4.78, 5) is 12.2. The molecule has 0 saturated carbocycles. The van der Waals surface area contributed by atoms with Gasteiger partial charge in [-0.15, -0.1) is 0 Å². The van der Waals surface area contributed by atoms with E-state index in [1.165, 1.54) is 11.7 Å². The third kappa shape index (κ3) is 3.08. The highest BCUT2D eigenvalue weighted by molar-refractivity contribution is 7.92. The lowest BCUT2D eigenvalue weighted by Gasteiger charge is -2.11. The molecule has 0 amide bonds. The van der Waals surface area contributed by atoms with Crippen LogP contribution in [0, 0.1) is 6.92 Å². The molecule has 1 unspecified atom stereocenters. The maximum Gasteiger partial charge on any atom is 0.263 e. The molecule has 2 heterocycles. The van der Waals surface area contributed by atoms with Gasteiger partial charge in [-0.1, -0.05) is 0 Å². The standard InChI is InChI=1S/C12H18N4O4S/c1-7-5-9-10(12(17)16(7)3)11(14-13-9)15-21(18,19)6-8(2)20-4/h5,8H,6H2,1-4H3,(H2,13,14,15). The highest BCUT2D eigenvalue weighted by Crippen LogP contribution is 2.18. The fourth-order valence-electron chi connectivity index (χ4n) is 1.95. The summed E-state index contributed by atoms with van der Waals surface area (Å²) < 4.78 is 32.7. The van der Waals surface area contributed by atoms with E-state index in [4.69, 9.17) is 4.74 Å². The van der Waals surface area contributed by atoms with Gasteiger partial charge in [0.15, 0.2) is 5.82 Å². The first-order chi connectivity index (χ1) is 9.75. The zero-order valence-electron chi connectivity index (χ0n) is 12.3. The number of ether oxygens (including phenoxy) is 1. The average molecular weight is 314 g/mol. The SMILES string of the molecule is COC(C)CS(=O)(=O)Nc1n[nH]c2cc(C)n(C)c(=O)c12. The van der Waals surface area contributed by atoms with Gasteiger partial charge in [-0.05, 0) is 19.9 Å². The van der Waals surface area contributed by atoms with Gasteiger partial charge in [-0.25, -0.2) is 8.42 Å². The van der Waals surface area contributed by atoms with Crippen molar-refractivity contribution in [3.8, 4) is 0 Å². The molecule has 8 nitrogen and oxygen atoms in total. The lowest BCUT2D eigenvalue weighted by molar-refractivity contribution is 0.136. The van der Waals surface area contributed by atoms with Crippen molar-refractivity contribution in [2.24, 2.45) is 7.05 Å². The Morgan fingerprint density at radius 3 is 2.81 bits per heavy atom. The second-order valence-electron chi connectivity index (χ2n) is 4.94. The van der Waals surface area contributed by atoms with Crippen molar-refractivity contribution in [3.05, 3.63) is 22.1 Å².